The van der Waals surface area contributed by atoms with Crippen LogP contribution in [0.5, 0.6) is 0 Å². The number of amides is 1. The highest BCUT2D eigenvalue weighted by molar-refractivity contribution is 5.83. The molecule has 128 valence electrons. The van der Waals surface area contributed by atoms with Crippen LogP contribution in [0.1, 0.15) is 40.0 Å². The van der Waals surface area contributed by atoms with Gasteiger partial charge in [-0.15, -0.1) is 0 Å². The van der Waals surface area contributed by atoms with Crippen molar-refractivity contribution in [1.29, 1.82) is 0 Å². The number of hydrogen-bond donors (Lipinski definition) is 3. The first-order valence-corrected chi connectivity index (χ1v) is 8.31. The average Bonchev–Trinajstić information content (AvgIpc) is 3.31. The van der Waals surface area contributed by atoms with Crippen molar-refractivity contribution in [1.82, 2.24) is 16.0 Å². The standard InChI is InChI=1S/C16H32N4O2/c1-5-18-15(20-12-16(2,3)14(21)17-4)19-9-6-10-22-11-13-7-8-13/h13H,5-12H2,1-4H3,(H,17,21)(H2,18,19,20). The first-order valence-electron chi connectivity index (χ1n) is 8.31. The molecule has 1 amide bonds. The van der Waals surface area contributed by atoms with Gasteiger partial charge < -0.3 is 20.7 Å². The molecule has 0 saturated heterocycles. The maximum atomic E-state index is 11.8. The topological polar surface area (TPSA) is 74.8 Å². The molecular weight excluding hydrogens is 280 g/mol. The van der Waals surface area contributed by atoms with Crippen molar-refractivity contribution >= 4 is 11.9 Å². The minimum atomic E-state index is -0.509. The summed E-state index contributed by atoms with van der Waals surface area (Å²) in [6, 6.07) is 0. The smallest absolute Gasteiger partial charge is 0.227 e. The van der Waals surface area contributed by atoms with Crippen molar-refractivity contribution in [3.63, 3.8) is 0 Å². The van der Waals surface area contributed by atoms with Gasteiger partial charge in [-0.25, -0.2) is 0 Å². The zero-order valence-electron chi connectivity index (χ0n) is 14.5. The molecule has 1 aliphatic rings. The molecule has 0 bridgehead atoms. The Labute approximate surface area is 134 Å². The second kappa shape index (κ2) is 9.66. The van der Waals surface area contributed by atoms with E-state index in [0.717, 1.165) is 44.6 Å². The lowest BCUT2D eigenvalue weighted by molar-refractivity contribution is -0.128. The van der Waals surface area contributed by atoms with Crippen LogP contribution in [0, 0.1) is 11.3 Å². The molecule has 1 rings (SSSR count). The Kier molecular flexibility index (Phi) is 8.24. The van der Waals surface area contributed by atoms with Crippen molar-refractivity contribution in [3.8, 4) is 0 Å². The molecule has 0 radical (unpaired) electrons. The summed E-state index contributed by atoms with van der Waals surface area (Å²) in [7, 11) is 1.65. The number of carbonyl (C=O) groups excluding carboxylic acids is 1. The Bertz CT molecular complexity index is 365. The van der Waals surface area contributed by atoms with E-state index < -0.39 is 5.41 Å². The lowest BCUT2D eigenvalue weighted by atomic mass is 9.93. The predicted molar refractivity (Wildman–Crippen MR) is 90.0 cm³/mol. The fourth-order valence-electron chi connectivity index (χ4n) is 1.94. The summed E-state index contributed by atoms with van der Waals surface area (Å²) in [5.41, 5.74) is -0.509. The maximum Gasteiger partial charge on any atom is 0.227 e. The molecule has 0 aliphatic heterocycles. The molecule has 0 aromatic rings. The Morgan fingerprint density at radius 2 is 2.05 bits per heavy atom. The van der Waals surface area contributed by atoms with Gasteiger partial charge in [-0.1, -0.05) is 0 Å². The zero-order valence-corrected chi connectivity index (χ0v) is 14.5. The molecule has 1 fully saturated rings. The molecule has 0 spiro atoms. The lowest BCUT2D eigenvalue weighted by Gasteiger charge is -2.21. The van der Waals surface area contributed by atoms with Crippen LogP contribution < -0.4 is 16.0 Å². The summed E-state index contributed by atoms with van der Waals surface area (Å²) < 4.78 is 5.61. The number of ether oxygens (including phenoxy) is 1. The number of rotatable bonds is 10. The predicted octanol–water partition coefficient (Wildman–Crippen LogP) is 1.13. The monoisotopic (exact) mass is 312 g/mol. The zero-order chi connectivity index (χ0) is 16.4. The Morgan fingerprint density at radius 3 is 2.64 bits per heavy atom. The van der Waals surface area contributed by atoms with Gasteiger partial charge in [-0.05, 0) is 46.0 Å². The SMILES string of the molecule is CCNC(=NCC(C)(C)C(=O)NC)NCCCOCC1CC1. The van der Waals surface area contributed by atoms with Crippen molar-refractivity contribution in [2.24, 2.45) is 16.3 Å². The molecule has 0 atom stereocenters. The third-order valence-corrected chi connectivity index (χ3v) is 3.63. The summed E-state index contributed by atoms with van der Waals surface area (Å²) in [6.07, 6.45) is 3.61. The van der Waals surface area contributed by atoms with Gasteiger partial charge in [0, 0.05) is 33.4 Å². The molecule has 3 N–H and O–H groups in total. The fourth-order valence-corrected chi connectivity index (χ4v) is 1.94. The summed E-state index contributed by atoms with van der Waals surface area (Å²) in [6.45, 7) is 9.57. The van der Waals surface area contributed by atoms with Gasteiger partial charge in [0.1, 0.15) is 0 Å². The second-order valence-electron chi connectivity index (χ2n) is 6.46. The highest BCUT2D eigenvalue weighted by atomic mass is 16.5. The van der Waals surface area contributed by atoms with Gasteiger partial charge in [0.15, 0.2) is 5.96 Å². The molecule has 6 heteroatoms. The molecule has 0 heterocycles. The van der Waals surface area contributed by atoms with E-state index in [0.29, 0.717) is 6.54 Å². The van der Waals surface area contributed by atoms with E-state index in [1.807, 2.05) is 20.8 Å². The highest BCUT2D eigenvalue weighted by Gasteiger charge is 2.26. The van der Waals surface area contributed by atoms with Crippen LogP contribution in [-0.2, 0) is 9.53 Å². The van der Waals surface area contributed by atoms with E-state index in [1.165, 1.54) is 12.8 Å². The minimum Gasteiger partial charge on any atom is -0.381 e. The van der Waals surface area contributed by atoms with Crippen molar-refractivity contribution in [2.45, 2.75) is 40.0 Å². The van der Waals surface area contributed by atoms with E-state index in [-0.39, 0.29) is 5.91 Å². The number of nitrogens with one attached hydrogen (secondary N) is 3. The Hall–Kier alpha value is -1.30. The molecule has 0 aromatic heterocycles. The fraction of sp³-hybridized carbons (Fsp3) is 0.875. The van der Waals surface area contributed by atoms with Crippen molar-refractivity contribution < 1.29 is 9.53 Å². The first-order chi connectivity index (χ1) is 10.5. The van der Waals surface area contributed by atoms with E-state index in [2.05, 4.69) is 20.9 Å². The van der Waals surface area contributed by atoms with Crippen LogP contribution in [-0.4, -0.2) is 51.8 Å². The van der Waals surface area contributed by atoms with Crippen LogP contribution in [0.25, 0.3) is 0 Å². The minimum absolute atomic E-state index is 0.000532. The summed E-state index contributed by atoms with van der Waals surface area (Å²) >= 11 is 0. The second-order valence-corrected chi connectivity index (χ2v) is 6.46. The van der Waals surface area contributed by atoms with Gasteiger partial charge in [0.25, 0.3) is 0 Å². The molecule has 6 nitrogen and oxygen atoms in total. The lowest BCUT2D eigenvalue weighted by Crippen LogP contribution is -2.41. The number of carbonyl (C=O) groups is 1. The van der Waals surface area contributed by atoms with Crippen LogP contribution >= 0.6 is 0 Å². The first kappa shape index (κ1) is 18.7. The van der Waals surface area contributed by atoms with Gasteiger partial charge >= 0.3 is 0 Å². The summed E-state index contributed by atoms with van der Waals surface area (Å²) in [5.74, 6) is 1.57. The summed E-state index contributed by atoms with van der Waals surface area (Å²) in [4.78, 5) is 16.3. The van der Waals surface area contributed by atoms with Gasteiger partial charge in [0.2, 0.25) is 5.91 Å². The Balaban J connectivity index is 2.26. The maximum absolute atomic E-state index is 11.8. The third-order valence-electron chi connectivity index (χ3n) is 3.63. The molecular formula is C16H32N4O2. The van der Waals surface area contributed by atoms with E-state index in [1.54, 1.807) is 7.05 Å². The van der Waals surface area contributed by atoms with Crippen LogP contribution in [0.4, 0.5) is 0 Å². The Morgan fingerprint density at radius 1 is 1.32 bits per heavy atom. The molecule has 1 saturated carbocycles. The van der Waals surface area contributed by atoms with Gasteiger partial charge in [-0.2, -0.15) is 0 Å². The number of nitrogens with zero attached hydrogens (tertiary/aromatic N) is 1. The molecule has 22 heavy (non-hydrogen) atoms. The normalized spacial score (nSPS) is 15.5. The van der Waals surface area contributed by atoms with Gasteiger partial charge in [-0.3, -0.25) is 9.79 Å². The largest absolute Gasteiger partial charge is 0.381 e. The van der Waals surface area contributed by atoms with E-state index >= 15 is 0 Å². The van der Waals surface area contributed by atoms with Crippen LogP contribution in [0.15, 0.2) is 4.99 Å². The summed E-state index contributed by atoms with van der Waals surface area (Å²) in [5, 5.41) is 9.15. The van der Waals surface area contributed by atoms with Crippen molar-refractivity contribution in [3.05, 3.63) is 0 Å². The third kappa shape index (κ3) is 7.64. The molecule has 0 aromatic carbocycles. The average molecular weight is 312 g/mol. The quantitative estimate of drug-likeness (QED) is 0.321. The van der Waals surface area contributed by atoms with Crippen molar-refractivity contribution in [2.75, 3.05) is 39.9 Å². The van der Waals surface area contributed by atoms with E-state index in [4.69, 9.17) is 4.74 Å². The number of aliphatic imine (C=N–C) groups is 1. The van der Waals surface area contributed by atoms with Crippen LogP contribution in [0.2, 0.25) is 0 Å². The molecule has 1 aliphatic carbocycles. The van der Waals surface area contributed by atoms with Gasteiger partial charge in [0.05, 0.1) is 12.0 Å². The van der Waals surface area contributed by atoms with Crippen LogP contribution in [0.3, 0.4) is 0 Å². The highest BCUT2D eigenvalue weighted by Crippen LogP contribution is 2.28. The van der Waals surface area contributed by atoms with E-state index in [9.17, 15) is 4.79 Å². The number of hydrogen-bond acceptors (Lipinski definition) is 3. The molecule has 0 unspecified atom stereocenters. The number of guanidine groups is 1.